The molecule has 90 valence electrons. The average Bonchev–Trinajstić information content (AvgIpc) is 2.73. The van der Waals surface area contributed by atoms with E-state index < -0.39 is 9.84 Å². The monoisotopic (exact) mass is 307 g/mol. The Kier molecular flexibility index (Phi) is 3.66. The molecule has 5 nitrogen and oxygen atoms in total. The van der Waals surface area contributed by atoms with Crippen molar-refractivity contribution in [3.63, 3.8) is 0 Å². The highest BCUT2D eigenvalue weighted by Gasteiger charge is 2.26. The van der Waals surface area contributed by atoms with Crippen molar-refractivity contribution < 1.29 is 8.42 Å². The van der Waals surface area contributed by atoms with Crippen LogP contribution < -0.4 is 5.32 Å². The highest BCUT2D eigenvalue weighted by Crippen LogP contribution is 2.11. The Hall–Kier alpha value is -0.400. The van der Waals surface area contributed by atoms with Gasteiger partial charge in [-0.25, -0.2) is 8.42 Å². The molecular weight excluding hydrogens is 294 g/mol. The number of hydrogen-bond donors (Lipinski definition) is 1. The number of rotatable bonds is 4. The van der Waals surface area contributed by atoms with E-state index in [1.807, 2.05) is 10.9 Å². The van der Waals surface area contributed by atoms with E-state index in [4.69, 9.17) is 0 Å². The van der Waals surface area contributed by atoms with E-state index >= 15 is 0 Å². The lowest BCUT2D eigenvalue weighted by molar-refractivity contribution is 0.499. The average molecular weight is 308 g/mol. The van der Waals surface area contributed by atoms with Crippen LogP contribution >= 0.6 is 15.9 Å². The van der Waals surface area contributed by atoms with E-state index in [0.717, 1.165) is 24.0 Å². The highest BCUT2D eigenvalue weighted by atomic mass is 79.9. The summed E-state index contributed by atoms with van der Waals surface area (Å²) in [4.78, 5) is 0. The van der Waals surface area contributed by atoms with Crippen LogP contribution in [0.3, 0.4) is 0 Å². The smallest absolute Gasteiger partial charge is 0.151 e. The van der Waals surface area contributed by atoms with Crippen LogP contribution in [0.5, 0.6) is 0 Å². The first-order chi connectivity index (χ1) is 7.55. The van der Waals surface area contributed by atoms with Gasteiger partial charge in [-0.3, -0.25) is 4.68 Å². The maximum absolute atomic E-state index is 11.2. The van der Waals surface area contributed by atoms with Gasteiger partial charge in [0.2, 0.25) is 0 Å². The summed E-state index contributed by atoms with van der Waals surface area (Å²) in [7, 11) is -2.78. The van der Waals surface area contributed by atoms with Gasteiger partial charge in [-0.15, -0.1) is 0 Å². The molecule has 0 radical (unpaired) electrons. The van der Waals surface area contributed by atoms with E-state index in [9.17, 15) is 8.42 Å². The summed E-state index contributed by atoms with van der Waals surface area (Å²) in [6.45, 7) is 1.50. The third-order valence-corrected chi connectivity index (χ3v) is 4.79. The largest absolute Gasteiger partial charge is 0.311 e. The van der Waals surface area contributed by atoms with Crippen molar-refractivity contribution in [2.45, 2.75) is 19.0 Å². The van der Waals surface area contributed by atoms with Crippen LogP contribution in [0.1, 0.15) is 6.42 Å². The van der Waals surface area contributed by atoms with Crippen LogP contribution in [0.2, 0.25) is 0 Å². The van der Waals surface area contributed by atoms with Gasteiger partial charge < -0.3 is 5.32 Å². The summed E-state index contributed by atoms with van der Waals surface area (Å²) in [5.41, 5.74) is 0. The van der Waals surface area contributed by atoms with Gasteiger partial charge in [0.15, 0.2) is 9.84 Å². The molecule has 2 heterocycles. The number of hydrogen-bond acceptors (Lipinski definition) is 4. The van der Waals surface area contributed by atoms with Crippen LogP contribution in [-0.4, -0.2) is 42.3 Å². The van der Waals surface area contributed by atoms with Gasteiger partial charge in [-0.1, -0.05) is 0 Å². The molecule has 0 spiro atoms. The molecule has 0 aliphatic carbocycles. The van der Waals surface area contributed by atoms with E-state index in [-0.39, 0.29) is 11.8 Å². The minimum atomic E-state index is -2.78. The number of nitrogens with one attached hydrogen (secondary N) is 1. The normalized spacial score (nSPS) is 23.7. The van der Waals surface area contributed by atoms with Gasteiger partial charge in [-0.05, 0) is 22.4 Å². The molecule has 2 rings (SSSR count). The molecule has 1 fully saturated rings. The Bertz CT molecular complexity index is 457. The van der Waals surface area contributed by atoms with Gasteiger partial charge >= 0.3 is 0 Å². The van der Waals surface area contributed by atoms with E-state index in [1.165, 1.54) is 0 Å². The zero-order chi connectivity index (χ0) is 11.6. The Morgan fingerprint density at radius 3 is 3.00 bits per heavy atom. The molecule has 7 heteroatoms. The molecule has 1 aliphatic rings. The zero-order valence-electron chi connectivity index (χ0n) is 8.76. The standard InChI is InChI=1S/C9H14BrN3O2S/c10-8-5-12-13(6-8)3-2-11-9-1-4-16(14,15)7-9/h5-6,9,11H,1-4,7H2. The van der Waals surface area contributed by atoms with Gasteiger partial charge in [0.05, 0.1) is 28.7 Å². The van der Waals surface area contributed by atoms with Crippen LogP contribution in [-0.2, 0) is 16.4 Å². The third-order valence-electron chi connectivity index (χ3n) is 2.61. The van der Waals surface area contributed by atoms with E-state index in [2.05, 4.69) is 26.3 Å². The minimum Gasteiger partial charge on any atom is -0.311 e. The molecule has 1 N–H and O–H groups in total. The molecule has 1 saturated heterocycles. The Labute approximate surface area is 103 Å². The van der Waals surface area contributed by atoms with E-state index in [0.29, 0.717) is 5.75 Å². The van der Waals surface area contributed by atoms with Crippen LogP contribution in [0.15, 0.2) is 16.9 Å². The highest BCUT2D eigenvalue weighted by molar-refractivity contribution is 9.10. The molecule has 0 aromatic carbocycles. The second-order valence-electron chi connectivity index (χ2n) is 3.98. The fourth-order valence-corrected chi connectivity index (χ4v) is 3.84. The number of sulfone groups is 1. The maximum atomic E-state index is 11.2. The predicted octanol–water partition coefficient (Wildman–Crippen LogP) is 0.422. The summed E-state index contributed by atoms with van der Waals surface area (Å²) in [5, 5.41) is 7.36. The van der Waals surface area contributed by atoms with Gasteiger partial charge in [-0.2, -0.15) is 5.10 Å². The van der Waals surface area contributed by atoms with Crippen molar-refractivity contribution in [2.75, 3.05) is 18.1 Å². The Balaban J connectivity index is 1.73. The molecule has 0 amide bonds. The van der Waals surface area contributed by atoms with E-state index in [1.54, 1.807) is 6.20 Å². The fraction of sp³-hybridized carbons (Fsp3) is 0.667. The van der Waals surface area contributed by atoms with Crippen LogP contribution in [0.25, 0.3) is 0 Å². The van der Waals surface area contributed by atoms with Crippen LogP contribution in [0.4, 0.5) is 0 Å². The quantitative estimate of drug-likeness (QED) is 0.876. The molecule has 1 atom stereocenters. The van der Waals surface area contributed by atoms with Crippen molar-refractivity contribution >= 4 is 25.8 Å². The van der Waals surface area contributed by atoms with Gasteiger partial charge in [0, 0.05) is 18.8 Å². The minimum absolute atomic E-state index is 0.115. The Morgan fingerprint density at radius 1 is 1.62 bits per heavy atom. The molecule has 0 saturated carbocycles. The van der Waals surface area contributed by atoms with Crippen molar-refractivity contribution in [3.8, 4) is 0 Å². The summed E-state index contributed by atoms with van der Waals surface area (Å²) in [5.74, 6) is 0.591. The van der Waals surface area contributed by atoms with Crippen molar-refractivity contribution in [1.29, 1.82) is 0 Å². The first-order valence-corrected chi connectivity index (χ1v) is 7.78. The molecule has 0 bridgehead atoms. The first-order valence-electron chi connectivity index (χ1n) is 5.17. The first kappa shape index (κ1) is 12.1. The second kappa shape index (κ2) is 4.85. The molecule has 16 heavy (non-hydrogen) atoms. The lowest BCUT2D eigenvalue weighted by Gasteiger charge is -2.10. The summed E-state index contributed by atoms with van der Waals surface area (Å²) in [6.07, 6.45) is 4.36. The lowest BCUT2D eigenvalue weighted by Crippen LogP contribution is -2.32. The van der Waals surface area contributed by atoms with Crippen LogP contribution in [0, 0.1) is 0 Å². The zero-order valence-corrected chi connectivity index (χ0v) is 11.2. The summed E-state index contributed by atoms with van der Waals surface area (Å²) < 4.78 is 25.2. The summed E-state index contributed by atoms with van der Waals surface area (Å²) in [6, 6.07) is 0.115. The number of aromatic nitrogens is 2. The van der Waals surface area contributed by atoms with Gasteiger partial charge in [0.25, 0.3) is 0 Å². The predicted molar refractivity (Wildman–Crippen MR) is 65.0 cm³/mol. The topological polar surface area (TPSA) is 64.0 Å². The van der Waals surface area contributed by atoms with Crippen molar-refractivity contribution in [2.24, 2.45) is 0 Å². The fourth-order valence-electron chi connectivity index (χ4n) is 1.80. The Morgan fingerprint density at radius 2 is 2.44 bits per heavy atom. The molecule has 1 aliphatic heterocycles. The van der Waals surface area contributed by atoms with Crippen molar-refractivity contribution in [3.05, 3.63) is 16.9 Å². The molecule has 1 unspecified atom stereocenters. The molecule has 1 aromatic heterocycles. The molecular formula is C9H14BrN3O2S. The third kappa shape index (κ3) is 3.29. The second-order valence-corrected chi connectivity index (χ2v) is 7.12. The van der Waals surface area contributed by atoms with Gasteiger partial charge in [0.1, 0.15) is 0 Å². The summed E-state index contributed by atoms with van der Waals surface area (Å²) >= 11 is 3.32. The lowest BCUT2D eigenvalue weighted by atomic mass is 10.3. The molecule has 1 aromatic rings. The maximum Gasteiger partial charge on any atom is 0.151 e. The number of halogens is 1. The van der Waals surface area contributed by atoms with Crippen molar-refractivity contribution in [1.82, 2.24) is 15.1 Å². The number of nitrogens with zero attached hydrogens (tertiary/aromatic N) is 2. The SMILES string of the molecule is O=S1(=O)CCC(NCCn2cc(Br)cn2)C1.